The fourth-order valence-electron chi connectivity index (χ4n) is 3.28. The van der Waals surface area contributed by atoms with Crippen molar-refractivity contribution < 1.29 is 9.59 Å². The highest BCUT2D eigenvalue weighted by Crippen LogP contribution is 2.39. The van der Waals surface area contributed by atoms with Crippen LogP contribution >= 0.6 is 0 Å². The minimum absolute atomic E-state index is 0.00791. The van der Waals surface area contributed by atoms with E-state index in [9.17, 15) is 9.59 Å². The lowest BCUT2D eigenvalue weighted by atomic mass is 10.2. The largest absolute Gasteiger partial charge is 0.339 e. The molecule has 0 radical (unpaired) electrons. The molecule has 0 atom stereocenters. The summed E-state index contributed by atoms with van der Waals surface area (Å²) in [5, 5.41) is 4.71. The third kappa shape index (κ3) is 3.16. The molecule has 2 fully saturated rings. The van der Waals surface area contributed by atoms with Gasteiger partial charge in [-0.05, 0) is 31.0 Å². The van der Waals surface area contributed by atoms with Gasteiger partial charge in [-0.3, -0.25) is 9.59 Å². The van der Waals surface area contributed by atoms with Crippen LogP contribution in [0.4, 0.5) is 0 Å². The number of nitrogens with zero attached hydrogens (tertiary/aromatic N) is 4. The molecule has 130 valence electrons. The lowest BCUT2D eigenvalue weighted by Gasteiger charge is -2.34. The summed E-state index contributed by atoms with van der Waals surface area (Å²) < 4.78 is 1.77. The van der Waals surface area contributed by atoms with E-state index in [-0.39, 0.29) is 11.8 Å². The quantitative estimate of drug-likeness (QED) is 0.861. The standard InChI is InChI=1S/C19H22N4O2/c1-14(24)21-9-11-22(12-10-21)19(25)18-13-17(15-7-8-15)20-23(18)16-5-3-2-4-6-16/h2-6,13,15H,7-12H2,1H3. The topological polar surface area (TPSA) is 58.4 Å². The molecule has 4 rings (SSSR count). The van der Waals surface area contributed by atoms with Crippen molar-refractivity contribution in [2.45, 2.75) is 25.7 Å². The number of aromatic nitrogens is 2. The molecule has 1 aromatic carbocycles. The Labute approximate surface area is 147 Å². The molecule has 0 bridgehead atoms. The normalized spacial score (nSPS) is 17.6. The molecule has 2 aliphatic rings. The maximum Gasteiger partial charge on any atom is 0.272 e. The van der Waals surface area contributed by atoms with Gasteiger partial charge in [0.15, 0.2) is 0 Å². The lowest BCUT2D eigenvalue weighted by molar-refractivity contribution is -0.130. The molecule has 2 amide bonds. The fraction of sp³-hybridized carbons (Fsp3) is 0.421. The Hall–Kier alpha value is -2.63. The summed E-state index contributed by atoms with van der Waals surface area (Å²) in [6, 6.07) is 11.7. The summed E-state index contributed by atoms with van der Waals surface area (Å²) in [7, 11) is 0. The number of carbonyl (C=O) groups is 2. The van der Waals surface area contributed by atoms with E-state index < -0.39 is 0 Å². The van der Waals surface area contributed by atoms with Crippen LogP contribution in [0, 0.1) is 0 Å². The van der Waals surface area contributed by atoms with Crippen LogP contribution in [0.2, 0.25) is 0 Å². The van der Waals surface area contributed by atoms with Crippen molar-refractivity contribution in [2.75, 3.05) is 26.2 Å². The molecule has 2 aromatic rings. The van der Waals surface area contributed by atoms with Gasteiger partial charge in [0.1, 0.15) is 5.69 Å². The summed E-state index contributed by atoms with van der Waals surface area (Å²) in [5.41, 5.74) is 2.53. The van der Waals surface area contributed by atoms with E-state index in [0.29, 0.717) is 37.8 Å². The number of carbonyl (C=O) groups excluding carboxylic acids is 2. The Kier molecular flexibility index (Phi) is 4.03. The highest BCUT2D eigenvalue weighted by atomic mass is 16.2. The number of para-hydroxylation sites is 1. The van der Waals surface area contributed by atoms with Gasteiger partial charge in [0.05, 0.1) is 11.4 Å². The average Bonchev–Trinajstić information content (AvgIpc) is 3.40. The van der Waals surface area contributed by atoms with Crippen molar-refractivity contribution in [3.8, 4) is 5.69 Å². The first-order valence-electron chi connectivity index (χ1n) is 8.83. The predicted molar refractivity (Wildman–Crippen MR) is 93.7 cm³/mol. The number of amides is 2. The number of piperazine rings is 1. The summed E-state index contributed by atoms with van der Waals surface area (Å²) in [6.07, 6.45) is 2.30. The van der Waals surface area contributed by atoms with Crippen LogP contribution in [0.3, 0.4) is 0 Å². The Bertz CT molecular complexity index is 787. The second kappa shape index (κ2) is 6.35. The highest BCUT2D eigenvalue weighted by Gasteiger charge is 2.31. The van der Waals surface area contributed by atoms with Crippen molar-refractivity contribution in [2.24, 2.45) is 0 Å². The van der Waals surface area contributed by atoms with Crippen LogP contribution in [-0.4, -0.2) is 57.6 Å². The van der Waals surface area contributed by atoms with Crippen molar-refractivity contribution in [3.05, 3.63) is 47.8 Å². The van der Waals surface area contributed by atoms with Crippen LogP contribution in [0.25, 0.3) is 5.69 Å². The first-order chi connectivity index (χ1) is 12.1. The number of rotatable bonds is 3. The number of hydrogen-bond acceptors (Lipinski definition) is 3. The van der Waals surface area contributed by atoms with E-state index in [4.69, 9.17) is 5.10 Å². The molecule has 0 spiro atoms. The Morgan fingerprint density at radius 3 is 2.24 bits per heavy atom. The third-order valence-corrected chi connectivity index (χ3v) is 4.96. The Balaban J connectivity index is 1.61. The Morgan fingerprint density at radius 2 is 1.64 bits per heavy atom. The second-order valence-corrected chi connectivity index (χ2v) is 6.77. The van der Waals surface area contributed by atoms with Gasteiger partial charge in [-0.15, -0.1) is 0 Å². The van der Waals surface area contributed by atoms with Gasteiger partial charge < -0.3 is 9.80 Å². The zero-order valence-corrected chi connectivity index (χ0v) is 14.4. The van der Waals surface area contributed by atoms with Crippen LogP contribution in [0.1, 0.15) is 41.9 Å². The second-order valence-electron chi connectivity index (χ2n) is 6.77. The van der Waals surface area contributed by atoms with E-state index in [1.807, 2.05) is 41.3 Å². The third-order valence-electron chi connectivity index (χ3n) is 4.96. The summed E-state index contributed by atoms with van der Waals surface area (Å²) in [4.78, 5) is 28.2. The maximum absolute atomic E-state index is 13.1. The van der Waals surface area contributed by atoms with Crippen LogP contribution < -0.4 is 0 Å². The zero-order chi connectivity index (χ0) is 17.4. The van der Waals surface area contributed by atoms with E-state index in [0.717, 1.165) is 24.2 Å². The van der Waals surface area contributed by atoms with Gasteiger partial charge >= 0.3 is 0 Å². The van der Waals surface area contributed by atoms with E-state index in [1.165, 1.54) is 0 Å². The van der Waals surface area contributed by atoms with Crippen molar-refractivity contribution >= 4 is 11.8 Å². The zero-order valence-electron chi connectivity index (χ0n) is 14.4. The first-order valence-corrected chi connectivity index (χ1v) is 8.83. The van der Waals surface area contributed by atoms with Crippen molar-refractivity contribution in [1.29, 1.82) is 0 Å². The molecule has 1 aliphatic carbocycles. The molecule has 6 heteroatoms. The number of hydrogen-bond donors (Lipinski definition) is 0. The predicted octanol–water partition coefficient (Wildman–Crippen LogP) is 2.05. The van der Waals surface area contributed by atoms with Gasteiger partial charge in [0.2, 0.25) is 5.91 Å². The monoisotopic (exact) mass is 338 g/mol. The maximum atomic E-state index is 13.1. The molecule has 0 N–H and O–H groups in total. The van der Waals surface area contributed by atoms with E-state index in [1.54, 1.807) is 16.5 Å². The van der Waals surface area contributed by atoms with Gasteiger partial charge in [-0.1, -0.05) is 18.2 Å². The first kappa shape index (κ1) is 15.9. The lowest BCUT2D eigenvalue weighted by Crippen LogP contribution is -2.50. The van der Waals surface area contributed by atoms with E-state index >= 15 is 0 Å². The fourth-order valence-corrected chi connectivity index (χ4v) is 3.28. The van der Waals surface area contributed by atoms with Gasteiger partial charge in [0.25, 0.3) is 5.91 Å². The summed E-state index contributed by atoms with van der Waals surface area (Å²) in [5.74, 6) is 0.551. The van der Waals surface area contributed by atoms with Gasteiger partial charge in [-0.25, -0.2) is 4.68 Å². The molecular formula is C19H22N4O2. The average molecular weight is 338 g/mol. The molecule has 1 aliphatic heterocycles. The molecule has 1 saturated heterocycles. The highest BCUT2D eigenvalue weighted by molar-refractivity contribution is 5.93. The van der Waals surface area contributed by atoms with E-state index in [2.05, 4.69) is 0 Å². The summed E-state index contributed by atoms with van der Waals surface area (Å²) in [6.45, 7) is 3.89. The van der Waals surface area contributed by atoms with Gasteiger partial charge in [-0.2, -0.15) is 5.10 Å². The Morgan fingerprint density at radius 1 is 1.00 bits per heavy atom. The smallest absolute Gasteiger partial charge is 0.272 e. The molecule has 1 aromatic heterocycles. The number of benzene rings is 1. The molecule has 0 unspecified atom stereocenters. The minimum atomic E-state index is -0.00791. The molecular weight excluding hydrogens is 316 g/mol. The minimum Gasteiger partial charge on any atom is -0.339 e. The van der Waals surface area contributed by atoms with Gasteiger partial charge in [0, 0.05) is 39.0 Å². The molecule has 25 heavy (non-hydrogen) atoms. The molecule has 1 saturated carbocycles. The SMILES string of the molecule is CC(=O)N1CCN(C(=O)c2cc(C3CC3)nn2-c2ccccc2)CC1. The van der Waals surface area contributed by atoms with Crippen molar-refractivity contribution in [1.82, 2.24) is 19.6 Å². The van der Waals surface area contributed by atoms with Crippen LogP contribution in [0.15, 0.2) is 36.4 Å². The van der Waals surface area contributed by atoms with Crippen LogP contribution in [-0.2, 0) is 4.79 Å². The molecule has 2 heterocycles. The summed E-state index contributed by atoms with van der Waals surface area (Å²) >= 11 is 0. The van der Waals surface area contributed by atoms with Crippen LogP contribution in [0.5, 0.6) is 0 Å². The van der Waals surface area contributed by atoms with Crippen molar-refractivity contribution in [3.63, 3.8) is 0 Å². The molecule has 6 nitrogen and oxygen atoms in total.